The van der Waals surface area contributed by atoms with Crippen molar-refractivity contribution in [1.82, 2.24) is 0 Å². The fourth-order valence-electron chi connectivity index (χ4n) is 3.31. The van der Waals surface area contributed by atoms with E-state index in [1.54, 1.807) is 0 Å². The van der Waals surface area contributed by atoms with Gasteiger partial charge in [0.25, 0.3) is 0 Å². The Morgan fingerprint density at radius 3 is 1.35 bits per heavy atom. The topological polar surface area (TPSA) is 37.3 Å². The van der Waals surface area contributed by atoms with Gasteiger partial charge in [-0.15, -0.1) is 0 Å². The van der Waals surface area contributed by atoms with E-state index in [1.807, 2.05) is 0 Å². The second-order valence-corrected chi connectivity index (χ2v) is 8.43. The van der Waals surface area contributed by atoms with Crippen molar-refractivity contribution in [3.63, 3.8) is 0 Å². The van der Waals surface area contributed by atoms with Crippen molar-refractivity contribution in [2.45, 2.75) is 105 Å². The van der Waals surface area contributed by atoms with Gasteiger partial charge >= 0.3 is 5.97 Å². The highest BCUT2D eigenvalue weighted by molar-refractivity contribution is 5.66. The zero-order valence-electron chi connectivity index (χ0n) is 16.4. The third-order valence-corrected chi connectivity index (χ3v) is 5.12. The minimum Gasteiger partial charge on any atom is -0.481 e. The molecule has 0 aromatic rings. The number of carboxylic acids is 1. The van der Waals surface area contributed by atoms with Crippen LogP contribution in [0.25, 0.3) is 0 Å². The zero-order valence-corrected chi connectivity index (χ0v) is 16.4. The molecule has 0 saturated carbocycles. The fourth-order valence-corrected chi connectivity index (χ4v) is 3.31. The number of rotatable bonds is 15. The highest BCUT2D eigenvalue weighted by atomic mass is 16.4. The summed E-state index contributed by atoms with van der Waals surface area (Å²) in [6, 6.07) is 0. The van der Waals surface area contributed by atoms with Gasteiger partial charge in [-0.1, -0.05) is 92.4 Å². The van der Waals surface area contributed by atoms with Crippen molar-refractivity contribution >= 4 is 5.97 Å². The Hall–Kier alpha value is -0.530. The molecule has 0 aromatic heterocycles. The second-order valence-electron chi connectivity index (χ2n) is 8.43. The van der Waals surface area contributed by atoms with E-state index in [9.17, 15) is 4.79 Å². The van der Waals surface area contributed by atoms with E-state index in [-0.39, 0.29) is 0 Å². The van der Waals surface area contributed by atoms with Crippen molar-refractivity contribution in [3.05, 3.63) is 0 Å². The molecule has 3 atom stereocenters. The SMILES string of the molecule is CC(C)CCCC(C)CCCC(C)CCCC(C)CCC(=O)O. The van der Waals surface area contributed by atoms with Crippen LogP contribution in [0.4, 0.5) is 0 Å². The average molecular weight is 327 g/mol. The van der Waals surface area contributed by atoms with Crippen molar-refractivity contribution < 1.29 is 9.90 Å². The lowest BCUT2D eigenvalue weighted by atomic mass is 9.90. The molecule has 0 amide bonds. The summed E-state index contributed by atoms with van der Waals surface area (Å²) in [4.78, 5) is 10.6. The molecule has 3 unspecified atom stereocenters. The molecule has 0 fully saturated rings. The Bertz CT molecular complexity index is 286. The second kappa shape index (κ2) is 13.9. The minimum absolute atomic E-state index is 0.325. The maximum absolute atomic E-state index is 10.6. The van der Waals surface area contributed by atoms with Crippen LogP contribution in [0, 0.1) is 23.7 Å². The Morgan fingerprint density at radius 1 is 0.652 bits per heavy atom. The van der Waals surface area contributed by atoms with Crippen molar-refractivity contribution in [3.8, 4) is 0 Å². The summed E-state index contributed by atoms with van der Waals surface area (Å²) in [6.07, 6.45) is 13.2. The summed E-state index contributed by atoms with van der Waals surface area (Å²) in [5.41, 5.74) is 0. The highest BCUT2D eigenvalue weighted by Crippen LogP contribution is 2.22. The predicted octanol–water partition coefficient (Wildman–Crippen LogP) is 6.93. The molecule has 2 nitrogen and oxygen atoms in total. The molecule has 0 saturated heterocycles. The lowest BCUT2D eigenvalue weighted by Gasteiger charge is -2.16. The van der Waals surface area contributed by atoms with Crippen LogP contribution in [-0.4, -0.2) is 11.1 Å². The quantitative estimate of drug-likeness (QED) is 0.354. The fraction of sp³-hybridized carbons (Fsp3) is 0.952. The Kier molecular flexibility index (Phi) is 13.5. The molecule has 0 bridgehead atoms. The molecule has 0 aromatic carbocycles. The monoisotopic (exact) mass is 326 g/mol. The molecular formula is C21H42O2. The third kappa shape index (κ3) is 16.1. The van der Waals surface area contributed by atoms with Gasteiger partial charge in [0.05, 0.1) is 0 Å². The number of carboxylic acid groups (broad SMARTS) is 1. The Labute approximate surface area is 145 Å². The smallest absolute Gasteiger partial charge is 0.303 e. The van der Waals surface area contributed by atoms with Crippen LogP contribution in [0.1, 0.15) is 105 Å². The Morgan fingerprint density at radius 2 is 1.00 bits per heavy atom. The molecule has 1 N–H and O–H groups in total. The maximum Gasteiger partial charge on any atom is 0.303 e. The van der Waals surface area contributed by atoms with Crippen molar-refractivity contribution in [2.24, 2.45) is 23.7 Å². The van der Waals surface area contributed by atoms with Crippen molar-refractivity contribution in [2.75, 3.05) is 0 Å². The lowest BCUT2D eigenvalue weighted by molar-refractivity contribution is -0.137. The van der Waals surface area contributed by atoms with E-state index in [1.165, 1.54) is 57.8 Å². The first-order valence-electron chi connectivity index (χ1n) is 10.0. The summed E-state index contributed by atoms with van der Waals surface area (Å²) < 4.78 is 0. The first kappa shape index (κ1) is 22.5. The van der Waals surface area contributed by atoms with Crippen LogP contribution >= 0.6 is 0 Å². The van der Waals surface area contributed by atoms with Gasteiger partial charge in [-0.2, -0.15) is 0 Å². The summed E-state index contributed by atoms with van der Waals surface area (Å²) in [6.45, 7) is 11.6. The Balaban J connectivity index is 3.52. The van der Waals surface area contributed by atoms with E-state index >= 15 is 0 Å². The highest BCUT2D eigenvalue weighted by Gasteiger charge is 2.09. The van der Waals surface area contributed by atoms with Gasteiger partial charge < -0.3 is 5.11 Å². The van der Waals surface area contributed by atoms with Crippen LogP contribution in [0.15, 0.2) is 0 Å². The molecule has 0 spiro atoms. The molecule has 0 rings (SSSR count). The van der Waals surface area contributed by atoms with E-state index in [0.29, 0.717) is 12.3 Å². The van der Waals surface area contributed by atoms with Crippen LogP contribution in [0.3, 0.4) is 0 Å². The van der Waals surface area contributed by atoms with Gasteiger partial charge in [0.2, 0.25) is 0 Å². The van der Waals surface area contributed by atoms with Gasteiger partial charge in [0.15, 0.2) is 0 Å². The van der Waals surface area contributed by atoms with Gasteiger partial charge in [-0.3, -0.25) is 4.79 Å². The number of hydrogen-bond acceptors (Lipinski definition) is 1. The largest absolute Gasteiger partial charge is 0.481 e. The summed E-state index contributed by atoms with van der Waals surface area (Å²) >= 11 is 0. The number of hydrogen-bond donors (Lipinski definition) is 1. The normalized spacial score (nSPS) is 15.6. The average Bonchev–Trinajstić information content (AvgIpc) is 2.44. The van der Waals surface area contributed by atoms with Gasteiger partial charge in [-0.05, 0) is 30.1 Å². The number of aliphatic carboxylic acids is 1. The van der Waals surface area contributed by atoms with Crippen LogP contribution in [0.5, 0.6) is 0 Å². The molecule has 0 aliphatic heterocycles. The maximum atomic E-state index is 10.6. The van der Waals surface area contributed by atoms with E-state index in [2.05, 4.69) is 34.6 Å². The first-order valence-corrected chi connectivity index (χ1v) is 10.0. The first-order chi connectivity index (χ1) is 10.8. The molecule has 0 radical (unpaired) electrons. The molecule has 0 aliphatic rings. The molecule has 23 heavy (non-hydrogen) atoms. The summed E-state index contributed by atoms with van der Waals surface area (Å²) in [7, 11) is 0. The van der Waals surface area contributed by atoms with E-state index in [4.69, 9.17) is 5.11 Å². The molecule has 2 heteroatoms. The predicted molar refractivity (Wildman–Crippen MR) is 101 cm³/mol. The summed E-state index contributed by atoms with van der Waals surface area (Å²) in [5.74, 6) is 2.45. The standard InChI is InChI=1S/C21H42O2/c1-17(2)9-6-10-18(3)11-7-12-19(4)13-8-14-20(5)15-16-21(22)23/h17-20H,6-16H2,1-5H3,(H,22,23). The van der Waals surface area contributed by atoms with Crippen LogP contribution in [-0.2, 0) is 4.79 Å². The van der Waals surface area contributed by atoms with Gasteiger partial charge in [0, 0.05) is 6.42 Å². The molecular weight excluding hydrogens is 284 g/mol. The summed E-state index contributed by atoms with van der Waals surface area (Å²) in [5, 5.41) is 8.70. The van der Waals surface area contributed by atoms with Crippen LogP contribution in [0.2, 0.25) is 0 Å². The van der Waals surface area contributed by atoms with Crippen LogP contribution < -0.4 is 0 Å². The lowest BCUT2D eigenvalue weighted by Crippen LogP contribution is -2.03. The zero-order chi connectivity index (χ0) is 17.7. The minimum atomic E-state index is -0.660. The third-order valence-electron chi connectivity index (χ3n) is 5.12. The number of carbonyl (C=O) groups is 1. The molecule has 0 heterocycles. The van der Waals surface area contributed by atoms with Crippen molar-refractivity contribution in [1.29, 1.82) is 0 Å². The van der Waals surface area contributed by atoms with Gasteiger partial charge in [-0.25, -0.2) is 0 Å². The van der Waals surface area contributed by atoms with E-state index < -0.39 is 5.97 Å². The van der Waals surface area contributed by atoms with E-state index in [0.717, 1.165) is 24.2 Å². The molecule has 138 valence electrons. The molecule has 0 aliphatic carbocycles. The van der Waals surface area contributed by atoms with Gasteiger partial charge in [0.1, 0.15) is 0 Å².